The molecule has 0 aliphatic heterocycles. The number of halogens is 4. The normalized spacial score (nSPS) is 11.5. The SMILES string of the molecule is C[n+]1ccsc1N=Nc1ccc(NCCCCNc2ccc(N=Nc3scc[n+]3C)cc2)cc1.[Cl][Zn-2]([Cl])([Cl])[Cl]. The molecular weight excluding hydrogens is 672 g/mol. The van der Waals surface area contributed by atoms with Gasteiger partial charge in [0.1, 0.15) is 23.8 Å². The predicted octanol–water partition coefficient (Wildman–Crippen LogP) is 9.35. The van der Waals surface area contributed by atoms with E-state index in [0.29, 0.717) is 0 Å². The summed E-state index contributed by atoms with van der Waals surface area (Å²) in [6.45, 7) is 1.85. The van der Waals surface area contributed by atoms with E-state index < -0.39 is 10.8 Å². The third-order valence-electron chi connectivity index (χ3n) is 5.02. The minimum absolute atomic E-state index is 0.844. The molecule has 39 heavy (non-hydrogen) atoms. The number of nitrogens with one attached hydrogen (secondary N) is 2. The van der Waals surface area contributed by atoms with Crippen LogP contribution in [0.1, 0.15) is 12.8 Å². The van der Waals surface area contributed by atoms with E-state index in [0.717, 1.165) is 58.9 Å². The van der Waals surface area contributed by atoms with Crippen molar-refractivity contribution < 1.29 is 19.9 Å². The molecule has 0 saturated carbocycles. The number of unbranched alkanes of at least 4 members (excludes halogenated alkanes) is 1. The van der Waals surface area contributed by atoms with Crippen molar-refractivity contribution in [1.29, 1.82) is 0 Å². The molecule has 0 radical (unpaired) electrons. The summed E-state index contributed by atoms with van der Waals surface area (Å²) in [6, 6.07) is 16.1. The minimum atomic E-state index is -3.36. The first-order valence-corrected chi connectivity index (χ1v) is 29.5. The summed E-state index contributed by atoms with van der Waals surface area (Å²) in [6.07, 6.45) is 6.10. The summed E-state index contributed by atoms with van der Waals surface area (Å²) in [4.78, 5) is 0. The van der Waals surface area contributed by atoms with Crippen LogP contribution in [0, 0.1) is 0 Å². The van der Waals surface area contributed by atoms with E-state index in [1.165, 1.54) is 0 Å². The van der Waals surface area contributed by atoms with E-state index in [4.69, 9.17) is 38.8 Å². The van der Waals surface area contributed by atoms with E-state index in [-0.39, 0.29) is 0 Å². The molecule has 0 aliphatic carbocycles. The van der Waals surface area contributed by atoms with E-state index in [1.54, 1.807) is 22.7 Å². The molecule has 4 rings (SSSR count). The van der Waals surface area contributed by atoms with Gasteiger partial charge in [0.2, 0.25) is 0 Å². The van der Waals surface area contributed by atoms with Crippen molar-refractivity contribution in [2.24, 2.45) is 34.6 Å². The second-order valence-electron chi connectivity index (χ2n) is 8.25. The zero-order chi connectivity index (χ0) is 28.1. The average Bonchev–Trinajstić information content (AvgIpc) is 3.51. The molecule has 2 N–H and O–H groups in total. The number of hydrogen-bond donors (Lipinski definition) is 2. The van der Waals surface area contributed by atoms with Gasteiger partial charge in [-0.3, -0.25) is 0 Å². The van der Waals surface area contributed by atoms with Gasteiger partial charge in [-0.1, -0.05) is 0 Å². The Balaban J connectivity index is 0.000000771. The van der Waals surface area contributed by atoms with Gasteiger partial charge in [0.05, 0.1) is 24.3 Å². The number of anilines is 2. The molecule has 0 unspecified atom stereocenters. The summed E-state index contributed by atoms with van der Waals surface area (Å²) in [5, 5.41) is 29.8. The second-order valence-corrected chi connectivity index (χ2v) is 37.7. The topological polar surface area (TPSA) is 81.3 Å². The number of aryl methyl sites for hydroxylation is 2. The fraction of sp³-hybridized carbons (Fsp3) is 0.250. The van der Waals surface area contributed by atoms with Gasteiger partial charge in [0.25, 0.3) is 0 Å². The molecule has 0 atom stereocenters. The van der Waals surface area contributed by atoms with Crippen LogP contribution in [0.3, 0.4) is 0 Å². The number of hydrogen-bond acceptors (Lipinski definition) is 8. The van der Waals surface area contributed by atoms with Crippen LogP contribution in [0.2, 0.25) is 0 Å². The summed E-state index contributed by atoms with van der Waals surface area (Å²) in [7, 11) is 20.7. The average molecular weight is 700 g/mol. The van der Waals surface area contributed by atoms with Gasteiger partial charge < -0.3 is 10.6 Å². The molecule has 0 aliphatic rings. The number of nitrogens with zero attached hydrogens (tertiary/aromatic N) is 6. The number of azo groups is 2. The fourth-order valence-electron chi connectivity index (χ4n) is 3.06. The first-order valence-electron chi connectivity index (χ1n) is 12.1. The first-order chi connectivity index (χ1) is 18.7. The van der Waals surface area contributed by atoms with Gasteiger partial charge >= 0.3 is 59.8 Å². The molecule has 2 heterocycles. The van der Waals surface area contributed by atoms with Crippen molar-refractivity contribution in [3.05, 3.63) is 71.7 Å². The second kappa shape index (κ2) is 16.5. The van der Waals surface area contributed by atoms with Crippen molar-refractivity contribution in [3.8, 4) is 0 Å². The molecule has 4 aromatic rings. The molecule has 15 heteroatoms. The number of benzene rings is 2. The number of rotatable bonds is 11. The molecule has 0 spiro atoms. The van der Waals surface area contributed by atoms with Crippen molar-refractivity contribution in [3.63, 3.8) is 0 Å². The Labute approximate surface area is 255 Å². The van der Waals surface area contributed by atoms with Crippen LogP contribution in [-0.4, -0.2) is 13.1 Å². The molecule has 8 nitrogen and oxygen atoms in total. The molecule has 0 fully saturated rings. The number of thiazole rings is 2. The van der Waals surface area contributed by atoms with Crippen LogP contribution in [0.4, 0.5) is 33.0 Å². The maximum absolute atomic E-state index is 5.05. The van der Waals surface area contributed by atoms with E-state index in [9.17, 15) is 0 Å². The van der Waals surface area contributed by atoms with Crippen LogP contribution in [0.5, 0.6) is 0 Å². The third-order valence-corrected chi connectivity index (χ3v) is 6.69. The van der Waals surface area contributed by atoms with Crippen LogP contribution in [0.25, 0.3) is 0 Å². The maximum atomic E-state index is 5.05. The molecule has 0 amide bonds. The fourth-order valence-corrected chi connectivity index (χ4v) is 4.42. The van der Waals surface area contributed by atoms with Gasteiger partial charge in [0, 0.05) is 35.2 Å². The summed E-state index contributed by atoms with van der Waals surface area (Å²) >= 11 is 3.13. The molecule has 0 bridgehead atoms. The zero-order valence-corrected chi connectivity index (χ0v) is 29.1. The molecule has 206 valence electrons. The van der Waals surface area contributed by atoms with Gasteiger partial charge in [-0.05, 0) is 94.3 Å². The summed E-state index contributed by atoms with van der Waals surface area (Å²) < 4.78 is 3.90. The summed E-state index contributed by atoms with van der Waals surface area (Å²) in [5.41, 5.74) is 3.87. The van der Waals surface area contributed by atoms with E-state index in [2.05, 4.69) is 31.1 Å². The van der Waals surface area contributed by atoms with Crippen LogP contribution in [-0.2, 0) is 24.9 Å². The Bertz CT molecular complexity index is 1240. The van der Waals surface area contributed by atoms with Gasteiger partial charge in [-0.2, -0.15) is 0 Å². The van der Waals surface area contributed by atoms with Crippen molar-refractivity contribution in [1.82, 2.24) is 0 Å². The van der Waals surface area contributed by atoms with E-state index in [1.807, 2.05) is 94.9 Å². The zero-order valence-electron chi connectivity index (χ0n) is 21.5. The Morgan fingerprint density at radius 2 is 1.00 bits per heavy atom. The summed E-state index contributed by atoms with van der Waals surface area (Å²) in [5.74, 6) is 0. The van der Waals surface area contributed by atoms with Crippen LogP contribution < -0.4 is 19.8 Å². The van der Waals surface area contributed by atoms with Gasteiger partial charge in [-0.25, -0.2) is 9.13 Å². The van der Waals surface area contributed by atoms with Crippen molar-refractivity contribution in [2.75, 3.05) is 23.7 Å². The predicted molar refractivity (Wildman–Crippen MR) is 162 cm³/mol. The van der Waals surface area contributed by atoms with Gasteiger partial charge in [0.15, 0.2) is 0 Å². The number of aromatic nitrogens is 2. The van der Waals surface area contributed by atoms with Crippen molar-refractivity contribution >= 4 is 94.5 Å². The first kappa shape index (κ1) is 31.8. The Hall–Kier alpha value is -1.72. The monoisotopic (exact) mass is 696 g/mol. The molecule has 2 aromatic heterocycles. The third kappa shape index (κ3) is 13.0. The van der Waals surface area contributed by atoms with Crippen LogP contribution >= 0.6 is 61.4 Å². The molecule has 0 saturated heterocycles. The quantitative estimate of drug-likeness (QED) is 0.0708. The van der Waals surface area contributed by atoms with Crippen LogP contribution in [0.15, 0.2) is 92.1 Å². The van der Waals surface area contributed by atoms with Gasteiger partial charge in [-0.15, -0.1) is 0 Å². The standard InChI is InChI=1S/C24H26N8S2.4ClH.Zn/c1-31-15-17-33-23(31)29-27-21-9-5-19(6-10-21)25-13-3-4-14-26-20-7-11-22(12-8-20)28-30-24-32(2)16-18-34-24;;;;;/h5-12,15-18H,3-4,13-14H2,1-2H3;4*1H;/q;;;;;+2/p-2. The van der Waals surface area contributed by atoms with E-state index >= 15 is 0 Å². The molecule has 2 aromatic carbocycles. The van der Waals surface area contributed by atoms with Crippen molar-refractivity contribution in [2.45, 2.75) is 12.8 Å². The Kier molecular flexibility index (Phi) is 13.5. The molecular formula is C24H28Cl4N8S2Zn. The Morgan fingerprint density at radius 1 is 0.641 bits per heavy atom. The Morgan fingerprint density at radius 3 is 1.31 bits per heavy atom.